The van der Waals surface area contributed by atoms with Crippen LogP contribution in [0.25, 0.3) is 10.9 Å². The lowest BCUT2D eigenvalue weighted by atomic mass is 9.64. The predicted octanol–water partition coefficient (Wildman–Crippen LogP) is 3.45. The van der Waals surface area contributed by atoms with Gasteiger partial charge in [-0.3, -0.25) is 4.79 Å². The van der Waals surface area contributed by atoms with Crippen LogP contribution in [0.5, 0.6) is 0 Å². The lowest BCUT2D eigenvalue weighted by Gasteiger charge is -2.38. The Balaban J connectivity index is 2.19. The molecule has 2 aromatic rings. The summed E-state index contributed by atoms with van der Waals surface area (Å²) in [7, 11) is 1.98. The summed E-state index contributed by atoms with van der Waals surface area (Å²) in [4.78, 5) is 11.5. The highest BCUT2D eigenvalue weighted by Crippen LogP contribution is 2.45. The van der Waals surface area contributed by atoms with E-state index >= 15 is 0 Å². The molecule has 0 amide bonds. The van der Waals surface area contributed by atoms with Crippen LogP contribution in [0.2, 0.25) is 0 Å². The second kappa shape index (κ2) is 3.85. The molecule has 0 aliphatic heterocycles. The van der Waals surface area contributed by atoms with Gasteiger partial charge in [0.2, 0.25) is 0 Å². The molecule has 1 aliphatic carbocycles. The second-order valence-electron chi connectivity index (χ2n) is 5.06. The summed E-state index contributed by atoms with van der Waals surface area (Å²) in [5.74, 6) is -0.693. The van der Waals surface area contributed by atoms with Crippen molar-refractivity contribution >= 4 is 32.8 Å². The number of benzene rings is 1. The highest BCUT2D eigenvalue weighted by Gasteiger charge is 2.46. The van der Waals surface area contributed by atoms with Crippen LogP contribution < -0.4 is 0 Å². The summed E-state index contributed by atoms with van der Waals surface area (Å²) in [6.07, 6.45) is 4.50. The van der Waals surface area contributed by atoms with Crippen LogP contribution in [0.4, 0.5) is 0 Å². The van der Waals surface area contributed by atoms with Crippen LogP contribution in [0.15, 0.2) is 28.9 Å². The van der Waals surface area contributed by atoms with Crippen molar-refractivity contribution in [2.75, 3.05) is 0 Å². The quantitative estimate of drug-likeness (QED) is 0.923. The summed E-state index contributed by atoms with van der Waals surface area (Å²) < 4.78 is 3.07. The van der Waals surface area contributed by atoms with Crippen molar-refractivity contribution in [3.63, 3.8) is 0 Å². The van der Waals surface area contributed by atoms with E-state index in [1.54, 1.807) is 0 Å². The third kappa shape index (κ3) is 1.45. The molecule has 4 heteroatoms. The van der Waals surface area contributed by atoms with Gasteiger partial charge in [0.1, 0.15) is 0 Å². The number of carbonyl (C=O) groups is 1. The minimum Gasteiger partial charge on any atom is -0.481 e. The molecule has 1 aliphatic rings. The van der Waals surface area contributed by atoms with Crippen molar-refractivity contribution in [1.29, 1.82) is 0 Å². The number of halogens is 1. The minimum atomic E-state index is -0.693. The summed E-state index contributed by atoms with van der Waals surface area (Å²) >= 11 is 3.52. The van der Waals surface area contributed by atoms with E-state index in [0.29, 0.717) is 0 Å². The lowest BCUT2D eigenvalue weighted by molar-refractivity contribution is -0.147. The van der Waals surface area contributed by atoms with Gasteiger partial charge in [-0.1, -0.05) is 18.6 Å². The van der Waals surface area contributed by atoms with Crippen LogP contribution >= 0.6 is 15.9 Å². The van der Waals surface area contributed by atoms with Gasteiger partial charge in [0.15, 0.2) is 0 Å². The number of fused-ring (bicyclic) bond motifs is 1. The van der Waals surface area contributed by atoms with E-state index in [1.807, 2.05) is 36.0 Å². The average Bonchev–Trinajstić information content (AvgIpc) is 2.52. The van der Waals surface area contributed by atoms with E-state index in [4.69, 9.17) is 0 Å². The number of carboxylic acid groups (broad SMARTS) is 1. The second-order valence-corrected chi connectivity index (χ2v) is 5.92. The van der Waals surface area contributed by atoms with Crippen LogP contribution in [-0.2, 0) is 17.3 Å². The molecule has 1 N–H and O–H groups in total. The maximum atomic E-state index is 11.5. The van der Waals surface area contributed by atoms with E-state index in [-0.39, 0.29) is 0 Å². The zero-order chi connectivity index (χ0) is 12.9. The van der Waals surface area contributed by atoms with Gasteiger partial charge in [-0.2, -0.15) is 0 Å². The molecule has 1 aromatic carbocycles. The highest BCUT2D eigenvalue weighted by molar-refractivity contribution is 9.10. The van der Waals surface area contributed by atoms with E-state index in [2.05, 4.69) is 15.9 Å². The Labute approximate surface area is 114 Å². The summed E-state index contributed by atoms with van der Waals surface area (Å²) in [5.41, 5.74) is 1.36. The van der Waals surface area contributed by atoms with Gasteiger partial charge < -0.3 is 9.67 Å². The molecular formula is C14H14BrNO2. The smallest absolute Gasteiger partial charge is 0.314 e. The molecule has 0 bridgehead atoms. The first kappa shape index (κ1) is 11.8. The normalized spacial score (nSPS) is 17.7. The van der Waals surface area contributed by atoms with Crippen molar-refractivity contribution in [3.8, 4) is 0 Å². The fraction of sp³-hybridized carbons (Fsp3) is 0.357. The van der Waals surface area contributed by atoms with E-state index in [0.717, 1.165) is 40.2 Å². The third-order valence-corrected chi connectivity index (χ3v) is 4.74. The van der Waals surface area contributed by atoms with Gasteiger partial charge in [-0.25, -0.2) is 0 Å². The van der Waals surface area contributed by atoms with Gasteiger partial charge >= 0.3 is 5.97 Å². The van der Waals surface area contributed by atoms with Crippen LogP contribution in [0, 0.1) is 0 Å². The van der Waals surface area contributed by atoms with E-state index < -0.39 is 11.4 Å². The lowest BCUT2D eigenvalue weighted by Crippen LogP contribution is -2.42. The maximum absolute atomic E-state index is 11.5. The van der Waals surface area contributed by atoms with Gasteiger partial charge in [0, 0.05) is 28.6 Å². The number of nitrogens with zero attached hydrogens (tertiary/aromatic N) is 1. The Bertz CT molecular complexity index is 641. The molecule has 0 saturated heterocycles. The Morgan fingerprint density at radius 2 is 2.17 bits per heavy atom. The number of hydrogen-bond acceptors (Lipinski definition) is 1. The fourth-order valence-corrected chi connectivity index (χ4v) is 3.43. The third-order valence-electron chi connectivity index (χ3n) is 4.11. The van der Waals surface area contributed by atoms with Gasteiger partial charge in [-0.05, 0) is 40.4 Å². The number of rotatable bonds is 2. The first-order valence-electron chi connectivity index (χ1n) is 6.03. The molecule has 3 nitrogen and oxygen atoms in total. The Morgan fingerprint density at radius 1 is 1.44 bits per heavy atom. The first-order chi connectivity index (χ1) is 8.54. The van der Waals surface area contributed by atoms with Crippen molar-refractivity contribution in [2.24, 2.45) is 7.05 Å². The van der Waals surface area contributed by atoms with Crippen LogP contribution in [0.3, 0.4) is 0 Å². The molecule has 0 spiro atoms. The van der Waals surface area contributed by atoms with Crippen molar-refractivity contribution in [2.45, 2.75) is 24.7 Å². The standard InChI is InChI=1S/C14H14BrNO2/c1-16-8-11(15)10-4-3-9(7-12(10)16)14(13(17)18)5-2-6-14/h3-4,7-8H,2,5-6H2,1H3,(H,17,18). The zero-order valence-corrected chi connectivity index (χ0v) is 11.7. The van der Waals surface area contributed by atoms with Crippen molar-refractivity contribution in [3.05, 3.63) is 34.4 Å². The number of hydrogen-bond donors (Lipinski definition) is 1. The van der Waals surface area contributed by atoms with Crippen molar-refractivity contribution in [1.82, 2.24) is 4.57 Å². The van der Waals surface area contributed by atoms with Gasteiger partial charge in [0.05, 0.1) is 5.41 Å². The zero-order valence-electron chi connectivity index (χ0n) is 10.1. The number of carboxylic acids is 1. The average molecular weight is 308 g/mol. The Hall–Kier alpha value is -1.29. The fourth-order valence-electron chi connectivity index (χ4n) is 2.79. The number of aliphatic carboxylic acids is 1. The molecule has 94 valence electrons. The highest BCUT2D eigenvalue weighted by atomic mass is 79.9. The topological polar surface area (TPSA) is 42.2 Å². The van der Waals surface area contributed by atoms with Crippen LogP contribution in [-0.4, -0.2) is 15.6 Å². The minimum absolute atomic E-state index is 0.648. The molecule has 18 heavy (non-hydrogen) atoms. The molecular weight excluding hydrogens is 294 g/mol. The Morgan fingerprint density at radius 3 is 2.72 bits per heavy atom. The van der Waals surface area contributed by atoms with Crippen molar-refractivity contribution < 1.29 is 9.90 Å². The SMILES string of the molecule is Cn1cc(Br)c2ccc(C3(C(=O)O)CCC3)cc21. The molecule has 1 fully saturated rings. The predicted molar refractivity (Wildman–Crippen MR) is 73.8 cm³/mol. The maximum Gasteiger partial charge on any atom is 0.314 e. The van der Waals surface area contributed by atoms with E-state index in [9.17, 15) is 9.90 Å². The molecule has 0 radical (unpaired) electrons. The molecule has 0 atom stereocenters. The first-order valence-corrected chi connectivity index (χ1v) is 6.82. The van der Waals surface area contributed by atoms with Gasteiger partial charge in [-0.15, -0.1) is 0 Å². The monoisotopic (exact) mass is 307 g/mol. The number of aryl methyl sites for hydroxylation is 1. The molecule has 1 heterocycles. The summed E-state index contributed by atoms with van der Waals surface area (Å²) in [6, 6.07) is 5.99. The molecule has 1 saturated carbocycles. The molecule has 0 unspecified atom stereocenters. The van der Waals surface area contributed by atoms with Gasteiger partial charge in [0.25, 0.3) is 0 Å². The summed E-state index contributed by atoms with van der Waals surface area (Å²) in [6.45, 7) is 0. The largest absolute Gasteiger partial charge is 0.481 e. The molecule has 3 rings (SSSR count). The summed E-state index contributed by atoms with van der Waals surface area (Å²) in [5, 5.41) is 10.6. The molecule has 1 aromatic heterocycles. The van der Waals surface area contributed by atoms with E-state index in [1.165, 1.54) is 0 Å². The Kier molecular flexibility index (Phi) is 2.52. The number of aromatic nitrogens is 1. The van der Waals surface area contributed by atoms with Crippen LogP contribution in [0.1, 0.15) is 24.8 Å².